The van der Waals surface area contributed by atoms with Crippen molar-refractivity contribution in [3.05, 3.63) is 23.2 Å². The second-order valence-corrected chi connectivity index (χ2v) is 3.16. The van der Waals surface area contributed by atoms with Crippen molar-refractivity contribution < 1.29 is 19.8 Å². The van der Waals surface area contributed by atoms with Gasteiger partial charge in [-0.25, -0.2) is 14.8 Å². The van der Waals surface area contributed by atoms with Gasteiger partial charge in [0.25, 0.3) is 5.91 Å². The van der Waals surface area contributed by atoms with Gasteiger partial charge in [-0.15, -0.1) is 0 Å². The highest BCUT2D eigenvalue weighted by atomic mass is 35.5. The van der Waals surface area contributed by atoms with Gasteiger partial charge in [0.2, 0.25) is 0 Å². The zero-order valence-electron chi connectivity index (χ0n) is 7.92. The molecule has 1 heterocycles. The third-order valence-electron chi connectivity index (χ3n) is 1.64. The Kier molecular flexibility index (Phi) is 4.15. The molecule has 8 heteroatoms. The van der Waals surface area contributed by atoms with Crippen molar-refractivity contribution in [1.82, 2.24) is 15.3 Å². The number of aliphatic carboxylic acids is 1. The molecule has 0 saturated heterocycles. The van der Waals surface area contributed by atoms with Crippen LogP contribution in [0.5, 0.6) is 0 Å². The summed E-state index contributed by atoms with van der Waals surface area (Å²) in [5, 5.41) is 19.5. The minimum atomic E-state index is -1.37. The van der Waals surface area contributed by atoms with Crippen LogP contribution in [-0.4, -0.2) is 44.7 Å². The number of amides is 1. The summed E-state index contributed by atoms with van der Waals surface area (Å²) in [6.45, 7) is -0.706. The molecular weight excluding hydrogens is 238 g/mol. The maximum absolute atomic E-state index is 11.4. The first-order valence-corrected chi connectivity index (χ1v) is 4.54. The van der Waals surface area contributed by atoms with Gasteiger partial charge in [0.15, 0.2) is 6.04 Å². The molecule has 0 spiro atoms. The van der Waals surface area contributed by atoms with Crippen molar-refractivity contribution in [1.29, 1.82) is 0 Å². The first-order chi connectivity index (χ1) is 7.54. The maximum atomic E-state index is 11.4. The van der Waals surface area contributed by atoms with E-state index in [1.807, 2.05) is 0 Å². The van der Waals surface area contributed by atoms with Crippen LogP contribution in [-0.2, 0) is 4.79 Å². The Morgan fingerprint density at radius 2 is 2.12 bits per heavy atom. The Hall–Kier alpha value is -1.73. The molecule has 0 aromatic carbocycles. The SMILES string of the molecule is O=C(N[C@H](CO)C(=O)O)c1cnc(Cl)cn1. The average Bonchev–Trinajstić information content (AvgIpc) is 2.26. The number of nitrogens with zero attached hydrogens (tertiary/aromatic N) is 2. The van der Waals surface area contributed by atoms with Gasteiger partial charge < -0.3 is 15.5 Å². The van der Waals surface area contributed by atoms with E-state index in [1.165, 1.54) is 0 Å². The van der Waals surface area contributed by atoms with E-state index in [0.717, 1.165) is 12.4 Å². The lowest BCUT2D eigenvalue weighted by molar-refractivity contribution is -0.140. The lowest BCUT2D eigenvalue weighted by atomic mass is 10.3. The molecule has 1 rings (SSSR count). The van der Waals surface area contributed by atoms with Crippen LogP contribution in [0.1, 0.15) is 10.5 Å². The number of rotatable bonds is 4. The van der Waals surface area contributed by atoms with Crippen molar-refractivity contribution in [2.24, 2.45) is 0 Å². The molecule has 0 radical (unpaired) electrons. The number of halogens is 1. The lowest BCUT2D eigenvalue weighted by Crippen LogP contribution is -2.43. The normalized spacial score (nSPS) is 11.9. The number of hydrogen-bond donors (Lipinski definition) is 3. The Balaban J connectivity index is 2.71. The maximum Gasteiger partial charge on any atom is 0.328 e. The summed E-state index contributed by atoms with van der Waals surface area (Å²) in [6, 6.07) is -1.37. The van der Waals surface area contributed by atoms with Crippen LogP contribution >= 0.6 is 11.6 Å². The largest absolute Gasteiger partial charge is 0.480 e. The van der Waals surface area contributed by atoms with Crippen molar-refractivity contribution in [2.45, 2.75) is 6.04 Å². The molecule has 16 heavy (non-hydrogen) atoms. The van der Waals surface area contributed by atoms with Gasteiger partial charge in [-0.3, -0.25) is 4.79 Å². The molecule has 86 valence electrons. The zero-order valence-corrected chi connectivity index (χ0v) is 8.68. The van der Waals surface area contributed by atoms with Gasteiger partial charge in [0, 0.05) is 0 Å². The van der Waals surface area contributed by atoms with Gasteiger partial charge in [-0.05, 0) is 0 Å². The van der Waals surface area contributed by atoms with Crippen molar-refractivity contribution in [2.75, 3.05) is 6.61 Å². The number of aliphatic hydroxyl groups is 1. The minimum Gasteiger partial charge on any atom is -0.480 e. The van der Waals surface area contributed by atoms with Crippen LogP contribution in [0.15, 0.2) is 12.4 Å². The number of carboxylic acid groups (broad SMARTS) is 1. The minimum absolute atomic E-state index is 0.0795. The molecule has 0 fully saturated rings. The molecule has 1 amide bonds. The fourth-order valence-corrected chi connectivity index (χ4v) is 0.945. The van der Waals surface area contributed by atoms with Crippen LogP contribution in [0.2, 0.25) is 5.15 Å². The molecule has 1 atom stereocenters. The lowest BCUT2D eigenvalue weighted by Gasteiger charge is -2.10. The van der Waals surface area contributed by atoms with E-state index < -0.39 is 24.5 Å². The molecule has 0 unspecified atom stereocenters. The summed E-state index contributed by atoms with van der Waals surface area (Å²) in [5.74, 6) is -2.08. The number of nitrogens with one attached hydrogen (secondary N) is 1. The molecule has 0 bridgehead atoms. The van der Waals surface area contributed by atoms with E-state index in [2.05, 4.69) is 15.3 Å². The summed E-state index contributed by atoms with van der Waals surface area (Å²) >= 11 is 5.46. The van der Waals surface area contributed by atoms with Crippen molar-refractivity contribution in [3.8, 4) is 0 Å². The molecule has 0 aliphatic heterocycles. The Morgan fingerprint density at radius 3 is 2.56 bits per heavy atom. The highest BCUT2D eigenvalue weighted by Gasteiger charge is 2.20. The number of hydrogen-bond acceptors (Lipinski definition) is 5. The van der Waals surface area contributed by atoms with Crippen LogP contribution in [0.4, 0.5) is 0 Å². The van der Waals surface area contributed by atoms with Crippen molar-refractivity contribution in [3.63, 3.8) is 0 Å². The third-order valence-corrected chi connectivity index (χ3v) is 1.83. The summed E-state index contributed by atoms with van der Waals surface area (Å²) in [5.41, 5.74) is -0.0795. The second-order valence-electron chi connectivity index (χ2n) is 2.77. The smallest absolute Gasteiger partial charge is 0.328 e. The molecule has 3 N–H and O–H groups in total. The van der Waals surface area contributed by atoms with Gasteiger partial charge in [0.1, 0.15) is 10.8 Å². The van der Waals surface area contributed by atoms with E-state index in [1.54, 1.807) is 0 Å². The molecule has 1 aromatic heterocycles. The number of carboxylic acids is 1. The van der Waals surface area contributed by atoms with Crippen LogP contribution in [0, 0.1) is 0 Å². The van der Waals surface area contributed by atoms with Crippen molar-refractivity contribution >= 4 is 23.5 Å². The average molecular weight is 246 g/mol. The van der Waals surface area contributed by atoms with Gasteiger partial charge in [-0.1, -0.05) is 11.6 Å². The monoisotopic (exact) mass is 245 g/mol. The fourth-order valence-electron chi connectivity index (χ4n) is 0.847. The molecule has 0 aliphatic rings. The van der Waals surface area contributed by atoms with Gasteiger partial charge in [-0.2, -0.15) is 0 Å². The standard InChI is InChI=1S/C8H8ClN3O4/c9-6-2-10-4(1-11-6)7(14)12-5(3-13)8(15)16/h1-2,5,13H,3H2,(H,12,14)(H,15,16)/t5-/m1/s1. The van der Waals surface area contributed by atoms with Crippen LogP contribution in [0.25, 0.3) is 0 Å². The third kappa shape index (κ3) is 3.14. The molecule has 0 aliphatic carbocycles. The van der Waals surface area contributed by atoms with E-state index in [4.69, 9.17) is 21.8 Å². The number of aliphatic hydroxyl groups excluding tert-OH is 1. The number of aromatic nitrogens is 2. The summed E-state index contributed by atoms with van der Waals surface area (Å²) in [7, 11) is 0. The highest BCUT2D eigenvalue weighted by Crippen LogP contribution is 2.01. The Bertz CT molecular complexity index is 395. The molecule has 7 nitrogen and oxygen atoms in total. The van der Waals surface area contributed by atoms with Gasteiger partial charge in [0.05, 0.1) is 19.0 Å². The first kappa shape index (κ1) is 12.3. The quantitative estimate of drug-likeness (QED) is 0.647. The van der Waals surface area contributed by atoms with E-state index in [-0.39, 0.29) is 10.8 Å². The second kappa shape index (κ2) is 5.38. The molecule has 0 saturated carbocycles. The summed E-state index contributed by atoms with van der Waals surface area (Å²) < 4.78 is 0. The van der Waals surface area contributed by atoms with Gasteiger partial charge >= 0.3 is 5.97 Å². The fraction of sp³-hybridized carbons (Fsp3) is 0.250. The topological polar surface area (TPSA) is 112 Å². The molecule has 1 aromatic rings. The predicted molar refractivity (Wildman–Crippen MR) is 53.0 cm³/mol. The highest BCUT2D eigenvalue weighted by molar-refractivity contribution is 6.29. The van der Waals surface area contributed by atoms with E-state index in [9.17, 15) is 9.59 Å². The molecular formula is C8H8ClN3O4. The number of carbonyl (C=O) groups excluding carboxylic acids is 1. The zero-order chi connectivity index (χ0) is 12.1. The summed E-state index contributed by atoms with van der Waals surface area (Å²) in [6.07, 6.45) is 2.26. The van der Waals surface area contributed by atoms with Crippen LogP contribution < -0.4 is 5.32 Å². The first-order valence-electron chi connectivity index (χ1n) is 4.16. The number of carbonyl (C=O) groups is 2. The Labute approximate surface area is 95.1 Å². The van der Waals surface area contributed by atoms with E-state index >= 15 is 0 Å². The predicted octanol–water partition coefficient (Wildman–Crippen LogP) is -0.695. The Morgan fingerprint density at radius 1 is 1.44 bits per heavy atom. The van der Waals surface area contributed by atoms with E-state index in [0.29, 0.717) is 0 Å². The van der Waals surface area contributed by atoms with Crippen LogP contribution in [0.3, 0.4) is 0 Å². The summed E-state index contributed by atoms with van der Waals surface area (Å²) in [4.78, 5) is 29.2.